The Morgan fingerprint density at radius 2 is 1.36 bits per heavy atom. The lowest BCUT2D eigenvalue weighted by atomic mass is 10.0. The van der Waals surface area contributed by atoms with Gasteiger partial charge in [-0.25, -0.2) is 4.68 Å². The van der Waals surface area contributed by atoms with Gasteiger partial charge in [0.2, 0.25) is 0 Å². The maximum atomic E-state index is 10.6. The zero-order chi connectivity index (χ0) is 23.0. The topological polar surface area (TPSA) is 38.0 Å². The highest BCUT2D eigenvalue weighted by Crippen LogP contribution is 2.38. The fourth-order valence-electron chi connectivity index (χ4n) is 3.75. The van der Waals surface area contributed by atoms with Gasteiger partial charge in [0.15, 0.2) is 0 Å². The number of hydrogen-bond acceptors (Lipinski definition) is 3. The number of rotatable bonds is 5. The Morgan fingerprint density at radius 1 is 0.758 bits per heavy atom. The number of nitrogens with zero attached hydrogens (tertiary/aromatic N) is 2. The fourth-order valence-corrected chi connectivity index (χ4v) is 4.98. The van der Waals surface area contributed by atoms with Gasteiger partial charge in [-0.05, 0) is 60.9 Å². The first-order valence-electron chi connectivity index (χ1n) is 10.7. The number of benzene rings is 3. The fraction of sp³-hybridized carbons (Fsp3) is 0.107. The molecule has 164 valence electrons. The first-order valence-corrected chi connectivity index (χ1v) is 11.9. The minimum absolute atomic E-state index is 0.597. The molecule has 0 aliphatic heterocycles. The first kappa shape index (κ1) is 21.7. The summed E-state index contributed by atoms with van der Waals surface area (Å²) in [5, 5.41) is 15.9. The highest BCUT2D eigenvalue weighted by atomic mass is 35.5. The Labute approximate surface area is 202 Å². The van der Waals surface area contributed by atoms with E-state index in [9.17, 15) is 5.11 Å². The lowest BCUT2D eigenvalue weighted by Gasteiger charge is -2.13. The lowest BCUT2D eigenvalue weighted by Crippen LogP contribution is -2.16. The minimum atomic E-state index is -1.06. The molecule has 0 aliphatic rings. The van der Waals surface area contributed by atoms with E-state index in [1.165, 1.54) is 16.0 Å². The van der Waals surface area contributed by atoms with Gasteiger partial charge in [-0.15, -0.1) is 11.3 Å². The number of thiophene rings is 1. The number of hydrogen-bond donors (Lipinski definition) is 1. The van der Waals surface area contributed by atoms with Gasteiger partial charge in [0.1, 0.15) is 5.60 Å². The molecule has 0 aliphatic carbocycles. The number of aliphatic hydroxyl groups is 1. The smallest absolute Gasteiger partial charge is 0.103 e. The summed E-state index contributed by atoms with van der Waals surface area (Å²) < 4.78 is 1.82. The van der Waals surface area contributed by atoms with E-state index in [0.717, 1.165) is 21.8 Å². The van der Waals surface area contributed by atoms with Crippen molar-refractivity contribution in [2.75, 3.05) is 0 Å². The Morgan fingerprint density at radius 3 is 2.06 bits per heavy atom. The van der Waals surface area contributed by atoms with Gasteiger partial charge in [-0.3, -0.25) is 0 Å². The maximum Gasteiger partial charge on any atom is 0.103 e. The molecule has 3 aromatic carbocycles. The SMILES string of the molecule is CC(C)(O)c1cc(-c2ccc(-c3ccc(-c4ccccc4)cc3)s2)n(-c2ccccc2Cl)n1. The molecule has 0 bridgehead atoms. The predicted molar refractivity (Wildman–Crippen MR) is 138 cm³/mol. The van der Waals surface area contributed by atoms with Crippen molar-refractivity contribution in [2.45, 2.75) is 19.4 Å². The maximum absolute atomic E-state index is 10.6. The highest BCUT2D eigenvalue weighted by molar-refractivity contribution is 7.18. The molecule has 0 spiro atoms. The van der Waals surface area contributed by atoms with Crippen LogP contribution < -0.4 is 0 Å². The molecule has 2 heterocycles. The van der Waals surface area contributed by atoms with E-state index >= 15 is 0 Å². The van der Waals surface area contributed by atoms with Crippen LogP contribution in [0.25, 0.3) is 37.8 Å². The van der Waals surface area contributed by atoms with E-state index in [4.69, 9.17) is 16.7 Å². The van der Waals surface area contributed by atoms with Crippen molar-refractivity contribution < 1.29 is 5.11 Å². The molecule has 0 fully saturated rings. The van der Waals surface area contributed by atoms with Gasteiger partial charge in [0.05, 0.1) is 27.0 Å². The van der Waals surface area contributed by atoms with Crippen LogP contribution in [0, 0.1) is 0 Å². The summed E-state index contributed by atoms with van der Waals surface area (Å²) in [5.41, 5.74) is 4.79. The van der Waals surface area contributed by atoms with Crippen LogP contribution in [0.5, 0.6) is 0 Å². The largest absolute Gasteiger partial charge is 0.384 e. The van der Waals surface area contributed by atoms with Crippen LogP contribution in [0.4, 0.5) is 0 Å². The minimum Gasteiger partial charge on any atom is -0.384 e. The molecule has 5 heteroatoms. The van der Waals surface area contributed by atoms with Crippen molar-refractivity contribution in [1.82, 2.24) is 9.78 Å². The number of halogens is 1. The van der Waals surface area contributed by atoms with Crippen molar-refractivity contribution in [3.63, 3.8) is 0 Å². The van der Waals surface area contributed by atoms with Crippen LogP contribution in [0.1, 0.15) is 19.5 Å². The summed E-state index contributed by atoms with van der Waals surface area (Å²) >= 11 is 8.18. The number of para-hydroxylation sites is 1. The Kier molecular flexibility index (Phi) is 5.67. The van der Waals surface area contributed by atoms with E-state index in [-0.39, 0.29) is 0 Å². The van der Waals surface area contributed by atoms with Crippen molar-refractivity contribution in [1.29, 1.82) is 0 Å². The number of aromatic nitrogens is 2. The summed E-state index contributed by atoms with van der Waals surface area (Å²) in [7, 11) is 0. The van der Waals surface area contributed by atoms with Crippen LogP contribution >= 0.6 is 22.9 Å². The Balaban J connectivity index is 1.54. The molecule has 0 saturated heterocycles. The third-order valence-electron chi connectivity index (χ3n) is 5.55. The van der Waals surface area contributed by atoms with Gasteiger partial charge < -0.3 is 5.11 Å². The molecular formula is C28H23ClN2OS. The third kappa shape index (κ3) is 4.38. The normalized spacial score (nSPS) is 11.6. The van der Waals surface area contributed by atoms with Gasteiger partial charge in [0, 0.05) is 4.88 Å². The van der Waals surface area contributed by atoms with Crippen molar-refractivity contribution >= 4 is 22.9 Å². The van der Waals surface area contributed by atoms with Gasteiger partial charge >= 0.3 is 0 Å². The summed E-state index contributed by atoms with van der Waals surface area (Å²) in [6.07, 6.45) is 0. The standard InChI is InChI=1S/C28H23ClN2OS/c1-28(2,32)27-18-24(31(30-27)23-11-7-6-10-22(23)29)26-17-16-25(33-26)21-14-12-20(13-15-21)19-8-4-3-5-9-19/h3-18,32H,1-2H3. The molecule has 2 aromatic heterocycles. The molecule has 0 unspecified atom stereocenters. The van der Waals surface area contributed by atoms with Crippen LogP contribution in [-0.4, -0.2) is 14.9 Å². The van der Waals surface area contributed by atoms with Crippen LogP contribution in [0.15, 0.2) is 97.1 Å². The van der Waals surface area contributed by atoms with E-state index in [2.05, 4.69) is 60.7 Å². The molecule has 0 amide bonds. The Hall–Kier alpha value is -3.18. The lowest BCUT2D eigenvalue weighted by molar-refractivity contribution is 0.0734. The van der Waals surface area contributed by atoms with E-state index in [1.807, 2.05) is 41.1 Å². The third-order valence-corrected chi connectivity index (χ3v) is 7.03. The van der Waals surface area contributed by atoms with Crippen molar-refractivity contribution in [3.8, 4) is 37.8 Å². The summed E-state index contributed by atoms with van der Waals surface area (Å²) in [5.74, 6) is 0. The Bertz CT molecular complexity index is 1400. The molecule has 5 rings (SSSR count). The second-order valence-corrected chi connectivity index (χ2v) is 9.94. The van der Waals surface area contributed by atoms with Crippen LogP contribution in [-0.2, 0) is 5.60 Å². The second kappa shape index (κ2) is 8.64. The molecule has 5 aromatic rings. The molecule has 0 radical (unpaired) electrons. The first-order chi connectivity index (χ1) is 15.9. The molecule has 1 N–H and O–H groups in total. The molecule has 0 saturated carbocycles. The quantitative estimate of drug-likeness (QED) is 0.284. The van der Waals surface area contributed by atoms with Crippen molar-refractivity contribution in [2.24, 2.45) is 0 Å². The second-order valence-electron chi connectivity index (χ2n) is 8.44. The average molecular weight is 471 g/mol. The summed E-state index contributed by atoms with van der Waals surface area (Å²) in [6.45, 7) is 3.48. The van der Waals surface area contributed by atoms with Gasteiger partial charge in [-0.2, -0.15) is 5.10 Å². The van der Waals surface area contributed by atoms with Crippen molar-refractivity contribution in [3.05, 3.63) is 108 Å². The summed E-state index contributed by atoms with van der Waals surface area (Å²) in [6, 6.07) is 32.8. The molecule has 0 atom stereocenters. The van der Waals surface area contributed by atoms with Gasteiger partial charge in [-0.1, -0.05) is 78.3 Å². The summed E-state index contributed by atoms with van der Waals surface area (Å²) in [4.78, 5) is 2.22. The molecule has 3 nitrogen and oxygen atoms in total. The average Bonchev–Trinajstić information content (AvgIpc) is 3.48. The monoisotopic (exact) mass is 470 g/mol. The zero-order valence-corrected chi connectivity index (χ0v) is 19.9. The van der Waals surface area contributed by atoms with Crippen LogP contribution in [0.2, 0.25) is 5.02 Å². The molecule has 33 heavy (non-hydrogen) atoms. The highest BCUT2D eigenvalue weighted by Gasteiger charge is 2.24. The van der Waals surface area contributed by atoms with Crippen LogP contribution in [0.3, 0.4) is 0 Å². The zero-order valence-electron chi connectivity index (χ0n) is 18.4. The van der Waals surface area contributed by atoms with Gasteiger partial charge in [0.25, 0.3) is 0 Å². The van der Waals surface area contributed by atoms with E-state index in [0.29, 0.717) is 10.7 Å². The van der Waals surface area contributed by atoms with E-state index < -0.39 is 5.60 Å². The molecular weight excluding hydrogens is 448 g/mol. The predicted octanol–water partition coefficient (Wildman–Crippen LogP) is 7.82. The van der Waals surface area contributed by atoms with E-state index in [1.54, 1.807) is 25.2 Å².